The van der Waals surface area contributed by atoms with Crippen LogP contribution in [0.4, 0.5) is 0 Å². The number of imidazole rings is 1. The molecule has 132 valence electrons. The minimum atomic E-state index is -0.0622. The number of aromatic amines is 1. The summed E-state index contributed by atoms with van der Waals surface area (Å²) in [5, 5.41) is 4.79. The van der Waals surface area contributed by atoms with Gasteiger partial charge in [0.05, 0.1) is 11.0 Å². The quantitative estimate of drug-likeness (QED) is 0.774. The van der Waals surface area contributed by atoms with Gasteiger partial charge >= 0.3 is 5.69 Å². The molecule has 6 heteroatoms. The van der Waals surface area contributed by atoms with Crippen molar-refractivity contribution in [3.63, 3.8) is 0 Å². The number of benzene rings is 1. The molecule has 1 aliphatic rings. The standard InChI is InChI=1S/C19H25N5O/c1-13(2)24-17(21-18(22-24)14-7-3-4-8-14)11-12-23-16-10-6-5-9-15(16)20-19(23)25/h5-6,9-10,13-14H,3-4,7-8,11-12H2,1-2H3,(H,20,25). The molecule has 0 amide bonds. The van der Waals surface area contributed by atoms with E-state index >= 15 is 0 Å². The van der Waals surface area contributed by atoms with Gasteiger partial charge in [0.1, 0.15) is 5.82 Å². The first-order valence-corrected chi connectivity index (χ1v) is 9.26. The Bertz CT molecular complexity index is 927. The number of rotatable bonds is 5. The van der Waals surface area contributed by atoms with E-state index in [1.165, 1.54) is 25.7 Å². The molecule has 6 nitrogen and oxygen atoms in total. The molecule has 0 spiro atoms. The second-order valence-corrected chi connectivity index (χ2v) is 7.25. The normalized spacial score (nSPS) is 15.6. The Morgan fingerprint density at radius 1 is 1.24 bits per heavy atom. The van der Waals surface area contributed by atoms with Crippen molar-refractivity contribution in [2.45, 2.75) is 64.5 Å². The second kappa shape index (κ2) is 6.50. The van der Waals surface area contributed by atoms with Crippen LogP contribution in [0.2, 0.25) is 0 Å². The van der Waals surface area contributed by atoms with Gasteiger partial charge in [-0.25, -0.2) is 14.5 Å². The maximum absolute atomic E-state index is 12.3. The van der Waals surface area contributed by atoms with Crippen molar-refractivity contribution in [3.8, 4) is 0 Å². The number of hydrogen-bond donors (Lipinski definition) is 1. The first kappa shape index (κ1) is 16.1. The van der Waals surface area contributed by atoms with E-state index in [9.17, 15) is 4.79 Å². The monoisotopic (exact) mass is 339 g/mol. The van der Waals surface area contributed by atoms with E-state index in [4.69, 9.17) is 10.1 Å². The van der Waals surface area contributed by atoms with E-state index in [1.807, 2.05) is 28.9 Å². The topological polar surface area (TPSA) is 68.5 Å². The van der Waals surface area contributed by atoms with Crippen LogP contribution < -0.4 is 5.69 Å². The average molecular weight is 339 g/mol. The fourth-order valence-corrected chi connectivity index (χ4v) is 3.86. The van der Waals surface area contributed by atoms with Gasteiger partial charge in [0.15, 0.2) is 5.82 Å². The van der Waals surface area contributed by atoms with Gasteiger partial charge in [0.2, 0.25) is 0 Å². The summed E-state index contributed by atoms with van der Waals surface area (Å²) in [6, 6.07) is 8.08. The van der Waals surface area contributed by atoms with Crippen LogP contribution in [0.15, 0.2) is 29.1 Å². The van der Waals surface area contributed by atoms with Crippen molar-refractivity contribution in [3.05, 3.63) is 46.4 Å². The smallest absolute Gasteiger partial charge is 0.306 e. The van der Waals surface area contributed by atoms with Gasteiger partial charge in [0.25, 0.3) is 0 Å². The molecule has 0 unspecified atom stereocenters. The van der Waals surface area contributed by atoms with Crippen molar-refractivity contribution in [1.82, 2.24) is 24.3 Å². The summed E-state index contributed by atoms with van der Waals surface area (Å²) in [7, 11) is 0. The number of nitrogens with one attached hydrogen (secondary N) is 1. The molecule has 1 saturated carbocycles. The lowest BCUT2D eigenvalue weighted by Gasteiger charge is -2.09. The molecule has 0 bridgehead atoms. The molecule has 1 aromatic carbocycles. The SMILES string of the molecule is CC(C)n1nc(C2CCCC2)nc1CCn1c(=O)[nH]c2ccccc21. The third-order valence-corrected chi connectivity index (χ3v) is 5.17. The van der Waals surface area contributed by atoms with Crippen LogP contribution in [0.1, 0.15) is 63.1 Å². The zero-order valence-electron chi connectivity index (χ0n) is 14.9. The molecule has 3 aromatic rings. The maximum Gasteiger partial charge on any atom is 0.326 e. The maximum atomic E-state index is 12.3. The highest BCUT2D eigenvalue weighted by Crippen LogP contribution is 2.32. The van der Waals surface area contributed by atoms with E-state index < -0.39 is 0 Å². The Morgan fingerprint density at radius 2 is 2.00 bits per heavy atom. The average Bonchev–Trinajstić information content (AvgIpc) is 3.31. The highest BCUT2D eigenvalue weighted by molar-refractivity contribution is 5.74. The minimum Gasteiger partial charge on any atom is -0.306 e. The van der Waals surface area contributed by atoms with Crippen molar-refractivity contribution in [2.24, 2.45) is 0 Å². The number of hydrogen-bond acceptors (Lipinski definition) is 3. The summed E-state index contributed by atoms with van der Waals surface area (Å²) in [6.45, 7) is 4.88. The number of para-hydroxylation sites is 2. The number of H-pyrrole nitrogens is 1. The van der Waals surface area contributed by atoms with Crippen LogP contribution in [-0.2, 0) is 13.0 Å². The molecule has 0 radical (unpaired) electrons. The summed E-state index contributed by atoms with van der Waals surface area (Å²) in [5.74, 6) is 2.48. The molecule has 1 fully saturated rings. The third-order valence-electron chi connectivity index (χ3n) is 5.17. The molecule has 2 heterocycles. The molecular weight excluding hydrogens is 314 g/mol. The predicted molar refractivity (Wildman–Crippen MR) is 97.9 cm³/mol. The molecule has 1 aliphatic carbocycles. The Kier molecular flexibility index (Phi) is 4.19. The Morgan fingerprint density at radius 3 is 2.76 bits per heavy atom. The summed E-state index contributed by atoms with van der Waals surface area (Å²) in [6.07, 6.45) is 5.66. The predicted octanol–water partition coefficient (Wildman–Crippen LogP) is 3.40. The van der Waals surface area contributed by atoms with Crippen LogP contribution in [0.3, 0.4) is 0 Å². The van der Waals surface area contributed by atoms with Crippen LogP contribution >= 0.6 is 0 Å². The first-order chi connectivity index (χ1) is 12.1. The largest absolute Gasteiger partial charge is 0.326 e. The van der Waals surface area contributed by atoms with E-state index in [-0.39, 0.29) is 11.7 Å². The molecule has 4 rings (SSSR count). The lowest BCUT2D eigenvalue weighted by molar-refractivity contribution is 0.488. The van der Waals surface area contributed by atoms with E-state index in [1.54, 1.807) is 4.57 Å². The molecule has 0 atom stereocenters. The molecule has 25 heavy (non-hydrogen) atoms. The molecule has 1 N–H and O–H groups in total. The van der Waals surface area contributed by atoms with Gasteiger partial charge in [-0.05, 0) is 38.8 Å². The fraction of sp³-hybridized carbons (Fsp3) is 0.526. The minimum absolute atomic E-state index is 0.0622. The van der Waals surface area contributed by atoms with E-state index in [0.29, 0.717) is 18.9 Å². The number of fused-ring (bicyclic) bond motifs is 1. The van der Waals surface area contributed by atoms with Crippen LogP contribution in [0.25, 0.3) is 11.0 Å². The highest BCUT2D eigenvalue weighted by Gasteiger charge is 2.23. The molecular formula is C19H25N5O. The summed E-state index contributed by atoms with van der Waals surface area (Å²) < 4.78 is 3.83. The van der Waals surface area contributed by atoms with Crippen molar-refractivity contribution in [1.29, 1.82) is 0 Å². The Labute approximate surface area is 146 Å². The van der Waals surface area contributed by atoms with Crippen LogP contribution in [-0.4, -0.2) is 24.3 Å². The van der Waals surface area contributed by atoms with Crippen LogP contribution in [0, 0.1) is 0 Å². The fourth-order valence-electron chi connectivity index (χ4n) is 3.86. The van der Waals surface area contributed by atoms with Gasteiger partial charge in [-0.2, -0.15) is 5.10 Å². The second-order valence-electron chi connectivity index (χ2n) is 7.25. The third kappa shape index (κ3) is 3.01. The molecule has 0 aliphatic heterocycles. The summed E-state index contributed by atoms with van der Waals surface area (Å²) in [4.78, 5) is 20.0. The van der Waals surface area contributed by atoms with Gasteiger partial charge in [0, 0.05) is 24.9 Å². The van der Waals surface area contributed by atoms with Gasteiger partial charge in [-0.3, -0.25) is 4.57 Å². The van der Waals surface area contributed by atoms with Crippen molar-refractivity contribution < 1.29 is 0 Å². The lowest BCUT2D eigenvalue weighted by Crippen LogP contribution is -2.19. The zero-order valence-corrected chi connectivity index (χ0v) is 14.9. The number of aryl methyl sites for hydroxylation is 2. The van der Waals surface area contributed by atoms with Crippen LogP contribution in [0.5, 0.6) is 0 Å². The Balaban J connectivity index is 1.61. The van der Waals surface area contributed by atoms with Gasteiger partial charge in [-0.15, -0.1) is 0 Å². The molecule has 0 saturated heterocycles. The van der Waals surface area contributed by atoms with E-state index in [0.717, 1.165) is 22.7 Å². The van der Waals surface area contributed by atoms with Gasteiger partial charge in [-0.1, -0.05) is 25.0 Å². The van der Waals surface area contributed by atoms with Crippen molar-refractivity contribution in [2.75, 3.05) is 0 Å². The lowest BCUT2D eigenvalue weighted by atomic mass is 10.1. The van der Waals surface area contributed by atoms with Crippen molar-refractivity contribution >= 4 is 11.0 Å². The van der Waals surface area contributed by atoms with E-state index in [2.05, 4.69) is 18.8 Å². The summed E-state index contributed by atoms with van der Waals surface area (Å²) >= 11 is 0. The number of nitrogens with zero attached hydrogens (tertiary/aromatic N) is 4. The first-order valence-electron chi connectivity index (χ1n) is 9.26. The zero-order chi connectivity index (χ0) is 17.4. The molecule has 2 aromatic heterocycles. The highest BCUT2D eigenvalue weighted by atomic mass is 16.1. The Hall–Kier alpha value is -2.37. The summed E-state index contributed by atoms with van der Waals surface area (Å²) in [5.41, 5.74) is 1.76. The van der Waals surface area contributed by atoms with Gasteiger partial charge < -0.3 is 4.98 Å². The number of aromatic nitrogens is 5.